The highest BCUT2D eigenvalue weighted by atomic mass is 35.5. The zero-order valence-corrected chi connectivity index (χ0v) is 11.1. The summed E-state index contributed by atoms with van der Waals surface area (Å²) in [5.74, 6) is -0.138. The van der Waals surface area contributed by atoms with Crippen LogP contribution >= 0.6 is 11.6 Å². The van der Waals surface area contributed by atoms with Gasteiger partial charge in [0.25, 0.3) is 0 Å². The lowest BCUT2D eigenvalue weighted by Gasteiger charge is -2.18. The van der Waals surface area contributed by atoms with Gasteiger partial charge in [-0.2, -0.15) is 0 Å². The van der Waals surface area contributed by atoms with Gasteiger partial charge in [-0.25, -0.2) is 4.98 Å². The fourth-order valence-electron chi connectivity index (χ4n) is 1.10. The number of aromatic nitrogens is 1. The minimum Gasteiger partial charge on any atom is -0.310 e. The van der Waals surface area contributed by atoms with Gasteiger partial charge in [0.15, 0.2) is 5.78 Å². The van der Waals surface area contributed by atoms with E-state index in [0.29, 0.717) is 10.6 Å². The molecule has 0 aliphatic rings. The van der Waals surface area contributed by atoms with Crippen LogP contribution in [0.5, 0.6) is 0 Å². The number of amides is 1. The van der Waals surface area contributed by atoms with E-state index >= 15 is 0 Å². The molecule has 1 aromatic rings. The molecule has 17 heavy (non-hydrogen) atoms. The Bertz CT molecular complexity index is 464. The highest BCUT2D eigenvalue weighted by Gasteiger charge is 2.23. The number of pyridine rings is 1. The minimum atomic E-state index is -0.546. The van der Waals surface area contributed by atoms with Crippen LogP contribution in [0.4, 0.5) is 5.82 Å². The number of hydrogen-bond acceptors (Lipinski definition) is 3. The molecule has 1 N–H and O–H groups in total. The Morgan fingerprint density at radius 1 is 1.35 bits per heavy atom. The van der Waals surface area contributed by atoms with Gasteiger partial charge >= 0.3 is 0 Å². The molecule has 0 saturated heterocycles. The molecule has 1 heterocycles. The SMILES string of the molecule is CC(=O)c1cc(Cl)cnc1NC(=O)C(C)(C)C. The molecular weight excluding hydrogens is 240 g/mol. The van der Waals surface area contributed by atoms with E-state index in [2.05, 4.69) is 10.3 Å². The lowest BCUT2D eigenvalue weighted by Crippen LogP contribution is -2.28. The average Bonchev–Trinajstić information content (AvgIpc) is 2.18. The van der Waals surface area contributed by atoms with Crippen molar-refractivity contribution in [2.24, 2.45) is 5.41 Å². The molecule has 1 rings (SSSR count). The number of Topliss-reactive ketones (excluding diaryl/α,β-unsaturated/α-hetero) is 1. The summed E-state index contributed by atoms with van der Waals surface area (Å²) in [6.07, 6.45) is 1.40. The highest BCUT2D eigenvalue weighted by molar-refractivity contribution is 6.31. The van der Waals surface area contributed by atoms with Crippen molar-refractivity contribution in [3.63, 3.8) is 0 Å². The average molecular weight is 255 g/mol. The molecule has 0 spiro atoms. The molecule has 4 nitrogen and oxygen atoms in total. The van der Waals surface area contributed by atoms with Crippen molar-refractivity contribution in [2.75, 3.05) is 5.32 Å². The first-order valence-electron chi connectivity index (χ1n) is 5.20. The van der Waals surface area contributed by atoms with Crippen molar-refractivity contribution in [2.45, 2.75) is 27.7 Å². The minimum absolute atomic E-state index is 0.191. The molecule has 0 unspecified atom stereocenters. The monoisotopic (exact) mass is 254 g/mol. The van der Waals surface area contributed by atoms with Gasteiger partial charge in [0.2, 0.25) is 5.91 Å². The Balaban J connectivity index is 3.07. The number of ketones is 1. The molecule has 0 radical (unpaired) electrons. The zero-order chi connectivity index (χ0) is 13.2. The summed E-state index contributed by atoms with van der Waals surface area (Å²) in [6, 6.07) is 1.50. The molecule has 0 atom stereocenters. The number of nitrogens with zero attached hydrogens (tertiary/aromatic N) is 1. The van der Waals surface area contributed by atoms with Gasteiger partial charge < -0.3 is 5.32 Å². The van der Waals surface area contributed by atoms with Crippen molar-refractivity contribution >= 4 is 29.1 Å². The van der Waals surface area contributed by atoms with Gasteiger partial charge in [-0.05, 0) is 13.0 Å². The van der Waals surface area contributed by atoms with E-state index in [9.17, 15) is 9.59 Å². The summed E-state index contributed by atoms with van der Waals surface area (Å²) in [4.78, 5) is 27.2. The number of hydrogen-bond donors (Lipinski definition) is 1. The van der Waals surface area contributed by atoms with Crippen molar-refractivity contribution in [3.05, 3.63) is 22.8 Å². The maximum atomic E-state index is 11.8. The summed E-state index contributed by atoms with van der Waals surface area (Å²) in [5.41, 5.74) is -0.231. The summed E-state index contributed by atoms with van der Waals surface area (Å²) in [7, 11) is 0. The fraction of sp³-hybridized carbons (Fsp3) is 0.417. The number of carbonyl (C=O) groups excluding carboxylic acids is 2. The van der Waals surface area contributed by atoms with Gasteiger partial charge in [0, 0.05) is 11.6 Å². The van der Waals surface area contributed by atoms with Crippen molar-refractivity contribution in [1.82, 2.24) is 4.98 Å². The largest absolute Gasteiger partial charge is 0.310 e. The third-order valence-corrected chi connectivity index (χ3v) is 2.35. The van der Waals surface area contributed by atoms with Crippen molar-refractivity contribution in [3.8, 4) is 0 Å². The van der Waals surface area contributed by atoms with Crippen LogP contribution < -0.4 is 5.32 Å². The number of carbonyl (C=O) groups is 2. The molecule has 0 fully saturated rings. The molecule has 1 amide bonds. The first-order chi connectivity index (χ1) is 7.71. The molecular formula is C12H15ClN2O2. The molecule has 0 saturated carbocycles. The number of rotatable bonds is 2. The van der Waals surface area contributed by atoms with Gasteiger partial charge in [-0.1, -0.05) is 32.4 Å². The highest BCUT2D eigenvalue weighted by Crippen LogP contribution is 2.21. The van der Waals surface area contributed by atoms with E-state index in [1.807, 2.05) is 0 Å². The summed E-state index contributed by atoms with van der Waals surface area (Å²) < 4.78 is 0. The topological polar surface area (TPSA) is 59.1 Å². The molecule has 0 aliphatic carbocycles. The maximum Gasteiger partial charge on any atom is 0.230 e. The smallest absolute Gasteiger partial charge is 0.230 e. The van der Waals surface area contributed by atoms with Crippen LogP contribution in [0, 0.1) is 5.41 Å². The lowest BCUT2D eigenvalue weighted by atomic mass is 9.95. The maximum absolute atomic E-state index is 11.8. The molecule has 0 bridgehead atoms. The van der Waals surface area contributed by atoms with E-state index in [-0.39, 0.29) is 17.5 Å². The normalized spacial score (nSPS) is 11.1. The molecule has 0 aliphatic heterocycles. The predicted octanol–water partition coefficient (Wildman–Crippen LogP) is 2.92. The van der Waals surface area contributed by atoms with E-state index in [4.69, 9.17) is 11.6 Å². The third kappa shape index (κ3) is 3.53. The molecule has 1 aromatic heterocycles. The van der Waals surface area contributed by atoms with Crippen LogP contribution in [-0.2, 0) is 4.79 Å². The van der Waals surface area contributed by atoms with Crippen LogP contribution in [0.2, 0.25) is 5.02 Å². The first kappa shape index (κ1) is 13.6. The van der Waals surface area contributed by atoms with Gasteiger partial charge in [0.05, 0.1) is 10.6 Å². The van der Waals surface area contributed by atoms with E-state index < -0.39 is 5.41 Å². The second-order valence-electron chi connectivity index (χ2n) is 4.81. The Morgan fingerprint density at radius 3 is 2.41 bits per heavy atom. The number of halogens is 1. The van der Waals surface area contributed by atoms with Crippen molar-refractivity contribution in [1.29, 1.82) is 0 Å². The Hall–Kier alpha value is -1.42. The Kier molecular flexibility index (Phi) is 3.88. The van der Waals surface area contributed by atoms with Crippen LogP contribution in [0.1, 0.15) is 38.1 Å². The Morgan fingerprint density at radius 2 is 1.94 bits per heavy atom. The second-order valence-corrected chi connectivity index (χ2v) is 5.25. The molecule has 92 valence electrons. The van der Waals surface area contributed by atoms with Crippen molar-refractivity contribution < 1.29 is 9.59 Å². The summed E-state index contributed by atoms with van der Waals surface area (Å²) in [6.45, 7) is 6.75. The van der Waals surface area contributed by atoms with Crippen LogP contribution in [0.25, 0.3) is 0 Å². The fourth-order valence-corrected chi connectivity index (χ4v) is 1.26. The van der Waals surface area contributed by atoms with Crippen LogP contribution in [0.15, 0.2) is 12.3 Å². The molecule has 0 aromatic carbocycles. The first-order valence-corrected chi connectivity index (χ1v) is 5.57. The van der Waals surface area contributed by atoms with E-state index in [0.717, 1.165) is 0 Å². The standard InChI is InChI=1S/C12H15ClN2O2/c1-7(16)9-5-8(13)6-14-10(9)15-11(17)12(2,3)4/h5-6H,1-4H3,(H,14,15,17). The zero-order valence-electron chi connectivity index (χ0n) is 10.3. The number of nitrogens with one attached hydrogen (secondary N) is 1. The second kappa shape index (κ2) is 4.84. The third-order valence-electron chi connectivity index (χ3n) is 2.15. The van der Waals surface area contributed by atoms with Crippen LogP contribution in [0.3, 0.4) is 0 Å². The van der Waals surface area contributed by atoms with E-state index in [1.165, 1.54) is 19.2 Å². The lowest BCUT2D eigenvalue weighted by molar-refractivity contribution is -0.123. The Labute approximate surface area is 105 Å². The van der Waals surface area contributed by atoms with E-state index in [1.54, 1.807) is 20.8 Å². The summed E-state index contributed by atoms with van der Waals surface area (Å²) >= 11 is 5.76. The van der Waals surface area contributed by atoms with Gasteiger partial charge in [-0.3, -0.25) is 9.59 Å². The van der Waals surface area contributed by atoms with Gasteiger partial charge in [-0.15, -0.1) is 0 Å². The quantitative estimate of drug-likeness (QED) is 0.826. The number of anilines is 1. The predicted molar refractivity (Wildman–Crippen MR) is 67.3 cm³/mol. The van der Waals surface area contributed by atoms with Crippen LogP contribution in [-0.4, -0.2) is 16.7 Å². The van der Waals surface area contributed by atoms with Gasteiger partial charge in [0.1, 0.15) is 5.82 Å². The molecule has 5 heteroatoms. The summed E-state index contributed by atoms with van der Waals surface area (Å²) in [5, 5.41) is 2.99.